The molecule has 1 aromatic carbocycles. The van der Waals surface area contributed by atoms with E-state index in [-0.39, 0.29) is 0 Å². The Morgan fingerprint density at radius 2 is 2.00 bits per heavy atom. The van der Waals surface area contributed by atoms with Gasteiger partial charge in [-0.3, -0.25) is 4.98 Å². The van der Waals surface area contributed by atoms with Gasteiger partial charge in [-0.15, -0.1) is 0 Å². The number of aromatic nitrogens is 2. The summed E-state index contributed by atoms with van der Waals surface area (Å²) in [6.07, 6.45) is 4.11. The van der Waals surface area contributed by atoms with Crippen LogP contribution in [0.15, 0.2) is 54.9 Å². The zero-order chi connectivity index (χ0) is 13.8. The number of rotatable bonds is 4. The monoisotopic (exact) mass is 265 g/mol. The molecule has 0 unspecified atom stereocenters. The molecule has 0 bridgehead atoms. The second kappa shape index (κ2) is 5.67. The third-order valence-electron chi connectivity index (χ3n) is 3.03. The van der Waals surface area contributed by atoms with Gasteiger partial charge in [0.1, 0.15) is 5.75 Å². The molecule has 0 amide bonds. The van der Waals surface area contributed by atoms with Crippen LogP contribution in [-0.4, -0.2) is 16.5 Å². The molecule has 4 heteroatoms. The van der Waals surface area contributed by atoms with Crippen LogP contribution in [0, 0.1) is 0 Å². The van der Waals surface area contributed by atoms with Crippen molar-refractivity contribution in [1.29, 1.82) is 0 Å². The Hall–Kier alpha value is -2.46. The summed E-state index contributed by atoms with van der Waals surface area (Å²) in [5.41, 5.74) is 7.59. The third kappa shape index (κ3) is 2.60. The molecule has 0 aliphatic carbocycles. The first-order chi connectivity index (χ1) is 9.86. The molecule has 0 atom stereocenters. The zero-order valence-electron chi connectivity index (χ0n) is 11.0. The van der Waals surface area contributed by atoms with Crippen molar-refractivity contribution in [2.45, 2.75) is 6.42 Å². The molecule has 100 valence electrons. The second-order valence-electron chi connectivity index (χ2n) is 4.47. The molecule has 0 saturated carbocycles. The molecule has 0 saturated heterocycles. The fourth-order valence-electron chi connectivity index (χ4n) is 2.08. The van der Waals surface area contributed by atoms with Gasteiger partial charge in [0.2, 0.25) is 5.88 Å². The van der Waals surface area contributed by atoms with E-state index in [4.69, 9.17) is 10.5 Å². The van der Waals surface area contributed by atoms with Gasteiger partial charge < -0.3 is 10.5 Å². The summed E-state index contributed by atoms with van der Waals surface area (Å²) in [7, 11) is 0. The normalized spacial score (nSPS) is 10.7. The van der Waals surface area contributed by atoms with Crippen LogP contribution in [0.4, 0.5) is 0 Å². The third-order valence-corrected chi connectivity index (χ3v) is 3.03. The lowest BCUT2D eigenvalue weighted by Crippen LogP contribution is -2.05. The van der Waals surface area contributed by atoms with E-state index in [1.54, 1.807) is 12.4 Å². The van der Waals surface area contributed by atoms with E-state index in [0.717, 1.165) is 22.9 Å². The van der Waals surface area contributed by atoms with E-state index < -0.39 is 0 Å². The van der Waals surface area contributed by atoms with E-state index in [0.29, 0.717) is 18.2 Å². The minimum absolute atomic E-state index is 0.559. The smallest absolute Gasteiger partial charge is 0.223 e. The van der Waals surface area contributed by atoms with Crippen LogP contribution in [0.1, 0.15) is 5.56 Å². The van der Waals surface area contributed by atoms with Crippen molar-refractivity contribution in [3.8, 4) is 11.6 Å². The van der Waals surface area contributed by atoms with Crippen LogP contribution in [0.25, 0.3) is 10.9 Å². The highest BCUT2D eigenvalue weighted by molar-refractivity contribution is 5.80. The number of pyridine rings is 2. The molecule has 2 N–H and O–H groups in total. The number of benzene rings is 1. The van der Waals surface area contributed by atoms with Crippen molar-refractivity contribution >= 4 is 10.9 Å². The molecule has 2 heterocycles. The van der Waals surface area contributed by atoms with Gasteiger partial charge in [-0.25, -0.2) is 4.98 Å². The summed E-state index contributed by atoms with van der Waals surface area (Å²) in [6, 6.07) is 13.7. The summed E-state index contributed by atoms with van der Waals surface area (Å²) < 4.78 is 5.84. The highest BCUT2D eigenvalue weighted by Crippen LogP contribution is 2.26. The van der Waals surface area contributed by atoms with Crippen LogP contribution < -0.4 is 10.5 Å². The van der Waals surface area contributed by atoms with E-state index in [1.807, 2.05) is 36.4 Å². The summed E-state index contributed by atoms with van der Waals surface area (Å²) in [4.78, 5) is 8.62. The fourth-order valence-corrected chi connectivity index (χ4v) is 2.08. The Morgan fingerprint density at radius 3 is 2.80 bits per heavy atom. The molecular formula is C16H15N3O. The van der Waals surface area contributed by atoms with Crippen LogP contribution >= 0.6 is 0 Å². The Labute approximate surface area is 117 Å². The maximum absolute atomic E-state index is 5.84. The molecule has 0 radical (unpaired) electrons. The molecule has 3 aromatic rings. The van der Waals surface area contributed by atoms with Crippen LogP contribution in [0.2, 0.25) is 0 Å². The van der Waals surface area contributed by atoms with Gasteiger partial charge in [0, 0.05) is 17.1 Å². The van der Waals surface area contributed by atoms with E-state index in [1.165, 1.54) is 0 Å². The maximum Gasteiger partial charge on any atom is 0.223 e. The molecule has 0 fully saturated rings. The Bertz CT molecular complexity index is 713. The van der Waals surface area contributed by atoms with Gasteiger partial charge in [0.05, 0.1) is 11.7 Å². The highest BCUT2D eigenvalue weighted by Gasteiger charge is 2.08. The average Bonchev–Trinajstić information content (AvgIpc) is 2.49. The van der Waals surface area contributed by atoms with Crippen LogP contribution in [0.3, 0.4) is 0 Å². The van der Waals surface area contributed by atoms with Gasteiger partial charge in [0.15, 0.2) is 0 Å². The molecule has 20 heavy (non-hydrogen) atoms. The van der Waals surface area contributed by atoms with E-state index >= 15 is 0 Å². The molecule has 2 aromatic heterocycles. The average molecular weight is 265 g/mol. The molecule has 4 nitrogen and oxygen atoms in total. The van der Waals surface area contributed by atoms with Crippen molar-refractivity contribution in [3.63, 3.8) is 0 Å². The summed E-state index contributed by atoms with van der Waals surface area (Å²) >= 11 is 0. The van der Waals surface area contributed by atoms with E-state index in [2.05, 4.69) is 16.0 Å². The molecule has 0 aliphatic rings. The van der Waals surface area contributed by atoms with Crippen molar-refractivity contribution in [2.24, 2.45) is 5.73 Å². The Kier molecular flexibility index (Phi) is 3.56. The lowest BCUT2D eigenvalue weighted by atomic mass is 10.1. The van der Waals surface area contributed by atoms with Gasteiger partial charge in [-0.1, -0.05) is 18.2 Å². The van der Waals surface area contributed by atoms with Gasteiger partial charge in [0.25, 0.3) is 0 Å². The lowest BCUT2D eigenvalue weighted by Gasteiger charge is -2.10. The number of hydrogen-bond donors (Lipinski definition) is 1. The molecule has 0 spiro atoms. The van der Waals surface area contributed by atoms with E-state index in [9.17, 15) is 0 Å². The summed E-state index contributed by atoms with van der Waals surface area (Å²) in [6.45, 7) is 0.559. The SMILES string of the molecule is NCCc1cc2ccccc2nc1Oc1cccnc1. The highest BCUT2D eigenvalue weighted by atomic mass is 16.5. The van der Waals surface area contributed by atoms with Crippen molar-refractivity contribution in [1.82, 2.24) is 9.97 Å². The largest absolute Gasteiger partial charge is 0.437 e. The summed E-state index contributed by atoms with van der Waals surface area (Å²) in [5, 5.41) is 1.09. The molecule has 3 rings (SSSR count). The maximum atomic E-state index is 5.84. The topological polar surface area (TPSA) is 61.0 Å². The first-order valence-electron chi connectivity index (χ1n) is 6.53. The number of nitrogens with zero attached hydrogens (tertiary/aromatic N) is 2. The quantitative estimate of drug-likeness (QED) is 0.788. The van der Waals surface area contributed by atoms with Gasteiger partial charge in [-0.2, -0.15) is 0 Å². The molecular weight excluding hydrogens is 250 g/mol. The van der Waals surface area contributed by atoms with Crippen molar-refractivity contribution in [3.05, 3.63) is 60.4 Å². The standard InChI is InChI=1S/C16H15N3O/c17-8-7-13-10-12-4-1-2-6-15(12)19-16(13)20-14-5-3-9-18-11-14/h1-6,9-11H,7-8,17H2. The fraction of sp³-hybridized carbons (Fsp3) is 0.125. The second-order valence-corrected chi connectivity index (χ2v) is 4.47. The number of ether oxygens (including phenoxy) is 1. The minimum atomic E-state index is 0.559. The van der Waals surface area contributed by atoms with Crippen molar-refractivity contribution < 1.29 is 4.74 Å². The Morgan fingerprint density at radius 1 is 1.10 bits per heavy atom. The molecule has 0 aliphatic heterocycles. The minimum Gasteiger partial charge on any atom is -0.437 e. The van der Waals surface area contributed by atoms with Gasteiger partial charge >= 0.3 is 0 Å². The zero-order valence-corrected chi connectivity index (χ0v) is 11.0. The number of fused-ring (bicyclic) bond motifs is 1. The van der Waals surface area contributed by atoms with Crippen molar-refractivity contribution in [2.75, 3.05) is 6.54 Å². The predicted octanol–water partition coefficient (Wildman–Crippen LogP) is 2.92. The number of para-hydroxylation sites is 1. The lowest BCUT2D eigenvalue weighted by molar-refractivity contribution is 0.456. The predicted molar refractivity (Wildman–Crippen MR) is 78.8 cm³/mol. The first kappa shape index (κ1) is 12.6. The Balaban J connectivity index is 2.05. The first-order valence-corrected chi connectivity index (χ1v) is 6.53. The summed E-state index contributed by atoms with van der Waals surface area (Å²) in [5.74, 6) is 1.27. The number of hydrogen-bond acceptors (Lipinski definition) is 4. The van der Waals surface area contributed by atoms with Crippen LogP contribution in [-0.2, 0) is 6.42 Å². The van der Waals surface area contributed by atoms with Crippen LogP contribution in [0.5, 0.6) is 11.6 Å². The van der Waals surface area contributed by atoms with Gasteiger partial charge in [-0.05, 0) is 37.2 Å². The number of nitrogens with two attached hydrogens (primary N) is 1.